The van der Waals surface area contributed by atoms with E-state index < -0.39 is 6.87 Å². The van der Waals surface area contributed by atoms with E-state index in [1.807, 2.05) is 30.3 Å². The van der Waals surface area contributed by atoms with E-state index in [1.165, 1.54) is 0 Å². The zero-order valence-electron chi connectivity index (χ0n) is 10.4. The molecule has 1 rings (SSSR count). The molecule has 0 amide bonds. The Kier molecular flexibility index (Phi) is 7.28. The number of alkyl halides is 1. The van der Waals surface area contributed by atoms with Gasteiger partial charge in [0.2, 0.25) is 0 Å². The Balaban J connectivity index is 2.41. The third-order valence-corrected chi connectivity index (χ3v) is 5.30. The van der Waals surface area contributed by atoms with Gasteiger partial charge < -0.3 is 4.52 Å². The molecule has 0 aliphatic carbocycles. The Bertz CT molecular complexity index is 389. The lowest BCUT2D eigenvalue weighted by atomic mass is 10.2. The third kappa shape index (κ3) is 5.73. The van der Waals surface area contributed by atoms with Crippen molar-refractivity contribution in [3.8, 4) is 0 Å². The van der Waals surface area contributed by atoms with Crippen molar-refractivity contribution in [1.29, 1.82) is 0 Å². The molecule has 102 valence electrons. The van der Waals surface area contributed by atoms with Crippen LogP contribution >= 0.6 is 29.7 Å². The summed E-state index contributed by atoms with van der Waals surface area (Å²) in [5, 5.41) is 0. The van der Waals surface area contributed by atoms with Gasteiger partial charge in [-0.15, -0.1) is 11.6 Å². The first-order chi connectivity index (χ1) is 8.56. The first-order valence-electron chi connectivity index (χ1n) is 5.82. The topological polar surface area (TPSA) is 29.5 Å². The van der Waals surface area contributed by atoms with E-state index in [0.29, 0.717) is 12.4 Å². The summed E-state index contributed by atoms with van der Waals surface area (Å²) >= 11 is 11.5. The highest BCUT2D eigenvalue weighted by molar-refractivity contribution is 7.83. The molecule has 1 unspecified atom stereocenters. The number of rotatable bonds is 8. The minimum Gasteiger partial charge on any atom is -0.301 e. The second-order valence-corrected chi connectivity index (χ2v) is 7.49. The molecule has 1 atom stereocenters. The number of hydrogen-bond acceptors (Lipinski definition) is 2. The van der Waals surface area contributed by atoms with Gasteiger partial charge in [0.25, 0.3) is 0 Å². The summed E-state index contributed by atoms with van der Waals surface area (Å²) < 4.78 is 19.0. The fourth-order valence-corrected chi connectivity index (χ4v) is 2.83. The summed E-state index contributed by atoms with van der Waals surface area (Å²) in [5.74, 6) is 0.602. The van der Waals surface area contributed by atoms with Crippen LogP contribution in [0.25, 0.3) is 0 Å². The van der Waals surface area contributed by atoms with E-state index in [-0.39, 0.29) is 6.61 Å². The van der Waals surface area contributed by atoms with Crippen LogP contribution < -0.4 is 0 Å². The molecule has 6 heteroatoms. The van der Waals surface area contributed by atoms with Crippen molar-refractivity contribution in [2.75, 3.05) is 19.5 Å². The average molecular weight is 310 g/mol. The van der Waals surface area contributed by atoms with E-state index in [4.69, 9.17) is 27.4 Å². The maximum absolute atomic E-state index is 12.1. The highest BCUT2D eigenvalue weighted by atomic mass is 35.7. The van der Waals surface area contributed by atoms with Crippen LogP contribution in [0.1, 0.15) is 18.4 Å². The van der Waals surface area contributed by atoms with Crippen LogP contribution in [-0.2, 0) is 15.7 Å². The van der Waals surface area contributed by atoms with E-state index >= 15 is 0 Å². The van der Waals surface area contributed by atoms with E-state index in [9.17, 15) is 4.57 Å². The van der Waals surface area contributed by atoms with Crippen LogP contribution in [0, 0.1) is 0 Å². The van der Waals surface area contributed by atoms with E-state index in [0.717, 1.165) is 18.4 Å². The summed E-state index contributed by atoms with van der Waals surface area (Å²) in [6.45, 7) is -2.36. The number of halogens is 2. The minimum absolute atomic E-state index is 0.251. The van der Waals surface area contributed by atoms with Crippen LogP contribution in [0.4, 0.5) is 0 Å². The summed E-state index contributed by atoms with van der Waals surface area (Å²) in [4.78, 5) is 0. The van der Waals surface area contributed by atoms with Gasteiger partial charge in [-0.25, -0.2) is 4.67 Å². The molecule has 0 heterocycles. The molecule has 0 aliphatic heterocycles. The number of benzene rings is 1. The molecule has 1 aromatic carbocycles. The van der Waals surface area contributed by atoms with Crippen LogP contribution in [0.2, 0.25) is 0 Å². The highest BCUT2D eigenvalue weighted by Crippen LogP contribution is 2.55. The van der Waals surface area contributed by atoms with Gasteiger partial charge in [-0.3, -0.25) is 4.57 Å². The Labute approximate surface area is 118 Å². The van der Waals surface area contributed by atoms with Gasteiger partial charge >= 0.3 is 6.87 Å². The molecule has 0 saturated heterocycles. The number of unbranched alkanes of at least 4 members (excludes halogenated alkanes) is 1. The molecule has 0 N–H and O–H groups in total. The zero-order chi connectivity index (χ0) is 13.4. The van der Waals surface area contributed by atoms with Gasteiger partial charge in [0, 0.05) is 12.4 Å². The molecule has 0 saturated carbocycles. The van der Waals surface area contributed by atoms with Crippen LogP contribution in [0.15, 0.2) is 30.3 Å². The van der Waals surface area contributed by atoms with Gasteiger partial charge in [-0.2, -0.15) is 0 Å². The van der Waals surface area contributed by atoms with Crippen molar-refractivity contribution in [2.24, 2.45) is 0 Å². The standard InChI is InChI=1S/C12H18Cl2NO2P/c1-15(10-6-5-9-13)18(14,16)17-11-12-7-3-2-4-8-12/h2-4,7-8H,5-6,9-11H2,1H3. The lowest BCUT2D eigenvalue weighted by Gasteiger charge is -2.22. The summed E-state index contributed by atoms with van der Waals surface area (Å²) in [5.41, 5.74) is 0.951. The first kappa shape index (κ1) is 16.0. The minimum atomic E-state index is -3.23. The number of nitrogens with zero attached hydrogens (tertiary/aromatic N) is 1. The monoisotopic (exact) mass is 309 g/mol. The SMILES string of the molecule is CN(CCCCCl)P(=O)(Cl)OCc1ccccc1. The van der Waals surface area contributed by atoms with Gasteiger partial charge in [-0.1, -0.05) is 30.3 Å². The number of hydrogen-bond donors (Lipinski definition) is 0. The lowest BCUT2D eigenvalue weighted by Crippen LogP contribution is -2.15. The predicted octanol–water partition coefficient (Wildman–Crippen LogP) is 4.50. The van der Waals surface area contributed by atoms with Gasteiger partial charge in [0.1, 0.15) is 0 Å². The second kappa shape index (κ2) is 8.19. The van der Waals surface area contributed by atoms with Crippen molar-refractivity contribution < 1.29 is 9.09 Å². The summed E-state index contributed by atoms with van der Waals surface area (Å²) in [7, 11) is 1.70. The van der Waals surface area contributed by atoms with E-state index in [2.05, 4.69) is 0 Å². The highest BCUT2D eigenvalue weighted by Gasteiger charge is 2.25. The third-order valence-electron chi connectivity index (χ3n) is 2.51. The molecule has 0 radical (unpaired) electrons. The maximum Gasteiger partial charge on any atom is 0.363 e. The van der Waals surface area contributed by atoms with E-state index in [1.54, 1.807) is 11.7 Å². The van der Waals surface area contributed by atoms with Crippen LogP contribution in [0.3, 0.4) is 0 Å². The second-order valence-electron chi connectivity index (χ2n) is 3.99. The average Bonchev–Trinajstić information content (AvgIpc) is 2.38. The largest absolute Gasteiger partial charge is 0.363 e. The quantitative estimate of drug-likeness (QED) is 0.402. The smallest absolute Gasteiger partial charge is 0.301 e. The maximum atomic E-state index is 12.1. The molecular formula is C12H18Cl2NO2P. The van der Waals surface area contributed by atoms with Crippen LogP contribution in [-0.4, -0.2) is 24.1 Å². The van der Waals surface area contributed by atoms with Gasteiger partial charge in [0.05, 0.1) is 6.61 Å². The van der Waals surface area contributed by atoms with Crippen molar-refractivity contribution in [1.82, 2.24) is 4.67 Å². The molecule has 0 bridgehead atoms. The van der Waals surface area contributed by atoms with Gasteiger partial charge in [-0.05, 0) is 36.7 Å². The predicted molar refractivity (Wildman–Crippen MR) is 77.3 cm³/mol. The molecule has 0 aromatic heterocycles. The molecule has 0 spiro atoms. The van der Waals surface area contributed by atoms with Crippen LogP contribution in [0.5, 0.6) is 0 Å². The van der Waals surface area contributed by atoms with Crippen molar-refractivity contribution >= 4 is 29.7 Å². The Morgan fingerprint density at radius 2 is 1.94 bits per heavy atom. The fraction of sp³-hybridized carbons (Fsp3) is 0.500. The molecule has 0 aliphatic rings. The molecule has 1 aromatic rings. The normalized spacial score (nSPS) is 14.7. The molecule has 0 fully saturated rings. The first-order valence-corrected chi connectivity index (χ1v) is 8.83. The summed E-state index contributed by atoms with van der Waals surface area (Å²) in [6.07, 6.45) is 1.73. The lowest BCUT2D eigenvalue weighted by molar-refractivity contribution is 0.274. The van der Waals surface area contributed by atoms with Crippen molar-refractivity contribution in [3.05, 3.63) is 35.9 Å². The molecular weight excluding hydrogens is 292 g/mol. The Morgan fingerprint density at radius 3 is 2.56 bits per heavy atom. The zero-order valence-corrected chi connectivity index (χ0v) is 12.8. The Hall–Kier alpha value is -0.0500. The van der Waals surface area contributed by atoms with Crippen molar-refractivity contribution in [2.45, 2.75) is 19.4 Å². The van der Waals surface area contributed by atoms with Crippen molar-refractivity contribution in [3.63, 3.8) is 0 Å². The molecule has 18 heavy (non-hydrogen) atoms. The Morgan fingerprint density at radius 1 is 1.28 bits per heavy atom. The fourth-order valence-electron chi connectivity index (χ4n) is 1.38. The molecule has 3 nitrogen and oxygen atoms in total. The summed E-state index contributed by atoms with van der Waals surface area (Å²) in [6, 6.07) is 9.54. The van der Waals surface area contributed by atoms with Gasteiger partial charge in [0.15, 0.2) is 0 Å².